The average molecular weight is 299 g/mol. The molecule has 0 spiro atoms. The maximum Gasteiger partial charge on any atom is 0.133 e. The zero-order valence-electron chi connectivity index (χ0n) is 10.4. The summed E-state index contributed by atoms with van der Waals surface area (Å²) in [6.07, 6.45) is 4.17. The van der Waals surface area contributed by atoms with E-state index < -0.39 is 5.60 Å². The monoisotopic (exact) mass is 298 g/mol. The van der Waals surface area contributed by atoms with Crippen molar-refractivity contribution in [2.75, 3.05) is 7.11 Å². The lowest BCUT2D eigenvalue weighted by molar-refractivity contribution is 0.0455. The SMILES string of the molecule is COc1ccc(CC(C)(O)CC2CC2)cc1Br. The van der Waals surface area contributed by atoms with E-state index in [1.54, 1.807) is 7.11 Å². The highest BCUT2D eigenvalue weighted by Gasteiger charge is 2.31. The van der Waals surface area contributed by atoms with Crippen LogP contribution in [-0.4, -0.2) is 17.8 Å². The highest BCUT2D eigenvalue weighted by Crippen LogP contribution is 2.38. The first kappa shape index (κ1) is 12.9. The van der Waals surface area contributed by atoms with E-state index >= 15 is 0 Å². The summed E-state index contributed by atoms with van der Waals surface area (Å²) in [7, 11) is 1.66. The summed E-state index contributed by atoms with van der Waals surface area (Å²) in [5.74, 6) is 1.57. The van der Waals surface area contributed by atoms with E-state index in [0.717, 1.165) is 28.1 Å². The van der Waals surface area contributed by atoms with Crippen molar-refractivity contribution >= 4 is 15.9 Å². The van der Waals surface area contributed by atoms with Gasteiger partial charge in [-0.15, -0.1) is 0 Å². The van der Waals surface area contributed by atoms with E-state index in [-0.39, 0.29) is 0 Å². The van der Waals surface area contributed by atoms with Gasteiger partial charge in [-0.2, -0.15) is 0 Å². The van der Waals surface area contributed by atoms with Crippen LogP contribution < -0.4 is 4.74 Å². The Morgan fingerprint density at radius 2 is 2.18 bits per heavy atom. The molecule has 1 unspecified atom stereocenters. The second-order valence-corrected chi connectivity index (χ2v) is 6.14. The Kier molecular flexibility index (Phi) is 3.79. The molecule has 0 radical (unpaired) electrons. The molecule has 94 valence electrons. The van der Waals surface area contributed by atoms with Crippen LogP contribution in [0.4, 0.5) is 0 Å². The zero-order chi connectivity index (χ0) is 12.5. The highest BCUT2D eigenvalue weighted by atomic mass is 79.9. The molecule has 0 amide bonds. The van der Waals surface area contributed by atoms with Crippen LogP contribution in [-0.2, 0) is 6.42 Å². The van der Waals surface area contributed by atoms with Gasteiger partial charge >= 0.3 is 0 Å². The fraction of sp³-hybridized carbons (Fsp3) is 0.571. The van der Waals surface area contributed by atoms with Crippen molar-refractivity contribution < 1.29 is 9.84 Å². The van der Waals surface area contributed by atoms with Gasteiger partial charge in [0.1, 0.15) is 5.75 Å². The van der Waals surface area contributed by atoms with Crippen LogP contribution in [0.3, 0.4) is 0 Å². The minimum atomic E-state index is -0.588. The Balaban J connectivity index is 2.04. The molecular formula is C14H19BrO2. The number of ether oxygens (including phenoxy) is 1. The van der Waals surface area contributed by atoms with Crippen molar-refractivity contribution in [2.24, 2.45) is 5.92 Å². The summed E-state index contributed by atoms with van der Waals surface area (Å²) in [4.78, 5) is 0. The van der Waals surface area contributed by atoms with Crippen LogP contribution in [0.25, 0.3) is 0 Å². The summed E-state index contributed by atoms with van der Waals surface area (Å²) >= 11 is 3.47. The Morgan fingerprint density at radius 3 is 2.71 bits per heavy atom. The number of hydrogen-bond acceptors (Lipinski definition) is 2. The quantitative estimate of drug-likeness (QED) is 0.901. The van der Waals surface area contributed by atoms with Gasteiger partial charge in [0.25, 0.3) is 0 Å². The Labute approximate surface area is 111 Å². The van der Waals surface area contributed by atoms with Gasteiger partial charge in [0.05, 0.1) is 17.2 Å². The van der Waals surface area contributed by atoms with Gasteiger partial charge in [-0.05, 0) is 52.9 Å². The maximum atomic E-state index is 10.3. The Hall–Kier alpha value is -0.540. The van der Waals surface area contributed by atoms with Crippen molar-refractivity contribution in [3.8, 4) is 5.75 Å². The van der Waals surface area contributed by atoms with E-state index in [1.807, 2.05) is 25.1 Å². The molecule has 1 aromatic rings. The summed E-state index contributed by atoms with van der Waals surface area (Å²) < 4.78 is 6.14. The molecule has 0 aromatic heterocycles. The van der Waals surface area contributed by atoms with Gasteiger partial charge < -0.3 is 9.84 Å². The predicted molar refractivity (Wildman–Crippen MR) is 72.4 cm³/mol. The standard InChI is InChI=1S/C14H19BrO2/c1-14(16,8-10-3-4-10)9-11-5-6-13(17-2)12(15)7-11/h5-7,10,16H,3-4,8-9H2,1-2H3. The molecule has 1 aliphatic rings. The van der Waals surface area contributed by atoms with Gasteiger partial charge in [0.15, 0.2) is 0 Å². The topological polar surface area (TPSA) is 29.5 Å². The minimum absolute atomic E-state index is 0.588. The number of rotatable bonds is 5. The third-order valence-electron chi connectivity index (χ3n) is 3.23. The van der Waals surface area contributed by atoms with E-state index in [0.29, 0.717) is 6.42 Å². The lowest BCUT2D eigenvalue weighted by Crippen LogP contribution is -2.27. The van der Waals surface area contributed by atoms with Gasteiger partial charge in [0.2, 0.25) is 0 Å². The first-order valence-electron chi connectivity index (χ1n) is 6.05. The number of halogens is 1. The molecule has 1 fully saturated rings. The average Bonchev–Trinajstić information content (AvgIpc) is 3.00. The van der Waals surface area contributed by atoms with Crippen LogP contribution in [0.15, 0.2) is 22.7 Å². The summed E-state index contributed by atoms with van der Waals surface area (Å²) in [5.41, 5.74) is 0.554. The Bertz CT molecular complexity index is 397. The first-order chi connectivity index (χ1) is 8.00. The van der Waals surface area contributed by atoms with Crippen molar-refractivity contribution in [2.45, 2.75) is 38.2 Å². The molecule has 1 aromatic carbocycles. The molecule has 1 N–H and O–H groups in total. The molecule has 1 aliphatic carbocycles. The molecule has 1 atom stereocenters. The minimum Gasteiger partial charge on any atom is -0.496 e. The number of aliphatic hydroxyl groups is 1. The number of hydrogen-bond donors (Lipinski definition) is 1. The summed E-state index contributed by atoms with van der Waals surface area (Å²) in [5, 5.41) is 10.3. The van der Waals surface area contributed by atoms with Crippen LogP contribution in [0.2, 0.25) is 0 Å². The van der Waals surface area contributed by atoms with Gasteiger partial charge in [-0.3, -0.25) is 0 Å². The lowest BCUT2D eigenvalue weighted by Gasteiger charge is -2.23. The number of methoxy groups -OCH3 is 1. The second kappa shape index (κ2) is 4.99. The van der Waals surface area contributed by atoms with E-state index in [1.165, 1.54) is 12.8 Å². The zero-order valence-corrected chi connectivity index (χ0v) is 12.0. The van der Waals surface area contributed by atoms with Crippen molar-refractivity contribution in [1.29, 1.82) is 0 Å². The number of benzene rings is 1. The molecule has 1 saturated carbocycles. The van der Waals surface area contributed by atoms with Gasteiger partial charge in [-0.1, -0.05) is 18.9 Å². The van der Waals surface area contributed by atoms with Crippen molar-refractivity contribution in [1.82, 2.24) is 0 Å². The fourth-order valence-corrected chi connectivity index (χ4v) is 2.86. The van der Waals surface area contributed by atoms with Crippen molar-refractivity contribution in [3.05, 3.63) is 28.2 Å². The molecule has 3 heteroatoms. The third kappa shape index (κ3) is 3.71. The molecule has 0 bridgehead atoms. The highest BCUT2D eigenvalue weighted by molar-refractivity contribution is 9.10. The second-order valence-electron chi connectivity index (χ2n) is 5.29. The van der Waals surface area contributed by atoms with Crippen LogP contribution in [0.1, 0.15) is 31.7 Å². The largest absolute Gasteiger partial charge is 0.496 e. The van der Waals surface area contributed by atoms with Crippen LogP contribution in [0, 0.1) is 5.92 Å². The maximum absolute atomic E-state index is 10.3. The third-order valence-corrected chi connectivity index (χ3v) is 3.85. The van der Waals surface area contributed by atoms with Gasteiger partial charge in [0, 0.05) is 6.42 Å². The fourth-order valence-electron chi connectivity index (χ4n) is 2.28. The molecule has 17 heavy (non-hydrogen) atoms. The van der Waals surface area contributed by atoms with E-state index in [4.69, 9.17) is 4.74 Å². The van der Waals surface area contributed by atoms with Crippen LogP contribution >= 0.6 is 15.9 Å². The predicted octanol–water partition coefficient (Wildman–Crippen LogP) is 3.55. The van der Waals surface area contributed by atoms with E-state index in [2.05, 4.69) is 15.9 Å². The van der Waals surface area contributed by atoms with E-state index in [9.17, 15) is 5.11 Å². The molecule has 2 rings (SSSR count). The molecular weight excluding hydrogens is 280 g/mol. The van der Waals surface area contributed by atoms with Crippen molar-refractivity contribution in [3.63, 3.8) is 0 Å². The Morgan fingerprint density at radius 1 is 1.47 bits per heavy atom. The summed E-state index contributed by atoms with van der Waals surface area (Å²) in [6, 6.07) is 5.98. The molecule has 0 aliphatic heterocycles. The molecule has 2 nitrogen and oxygen atoms in total. The van der Waals surface area contributed by atoms with Crippen LogP contribution in [0.5, 0.6) is 5.75 Å². The molecule has 0 heterocycles. The molecule has 0 saturated heterocycles. The smallest absolute Gasteiger partial charge is 0.133 e. The first-order valence-corrected chi connectivity index (χ1v) is 6.84. The normalized spacial score (nSPS) is 18.8. The summed E-state index contributed by atoms with van der Waals surface area (Å²) in [6.45, 7) is 1.93. The lowest BCUT2D eigenvalue weighted by atomic mass is 9.91. The van der Waals surface area contributed by atoms with Gasteiger partial charge in [-0.25, -0.2) is 0 Å².